The summed E-state index contributed by atoms with van der Waals surface area (Å²) < 4.78 is 15.3. The fraction of sp³-hybridized carbons (Fsp3) is 0.345. The van der Waals surface area contributed by atoms with Gasteiger partial charge in [0.2, 0.25) is 0 Å². The predicted molar refractivity (Wildman–Crippen MR) is 143 cm³/mol. The third-order valence-electron chi connectivity index (χ3n) is 7.04. The number of amides is 1. The molecule has 0 bridgehead atoms. The molecule has 4 N–H and O–H groups in total. The molecule has 0 unspecified atom stereocenters. The van der Waals surface area contributed by atoms with Crippen LogP contribution >= 0.6 is 0 Å². The standard InChI is InChI=1S/C29H33FN6O/c1-4-26-24(9-7-21(16-31)6-5-20(2)32)27(34-19-33-26)22-8-10-23(25(30)15-22)28(37)36-13-11-29(12-14-36)17-35(3)18-29/h5-6,8,10,15-16,19H,2,4,11-14,17-18,31-32H2,1,3H3/b6-5-,21-16+. The summed E-state index contributed by atoms with van der Waals surface area (Å²) in [6.07, 6.45) is 8.61. The van der Waals surface area contributed by atoms with Crippen LogP contribution in [0.2, 0.25) is 0 Å². The summed E-state index contributed by atoms with van der Waals surface area (Å²) in [4.78, 5) is 25.9. The van der Waals surface area contributed by atoms with Crippen LogP contribution in [0, 0.1) is 23.1 Å². The number of aromatic nitrogens is 2. The maximum Gasteiger partial charge on any atom is 0.256 e. The second kappa shape index (κ2) is 11.0. The van der Waals surface area contributed by atoms with Crippen LogP contribution in [0.4, 0.5) is 4.39 Å². The molecule has 2 aliphatic heterocycles. The molecule has 7 nitrogen and oxygen atoms in total. The molecule has 1 aromatic carbocycles. The van der Waals surface area contributed by atoms with E-state index in [2.05, 4.69) is 40.3 Å². The average molecular weight is 501 g/mol. The molecule has 4 rings (SSSR count). The molecule has 0 atom stereocenters. The Bertz CT molecular complexity index is 1320. The number of hydrogen-bond acceptors (Lipinski definition) is 6. The number of hydrogen-bond donors (Lipinski definition) is 2. The molecule has 1 spiro atoms. The van der Waals surface area contributed by atoms with Gasteiger partial charge in [0.25, 0.3) is 5.91 Å². The zero-order valence-electron chi connectivity index (χ0n) is 21.4. The van der Waals surface area contributed by atoms with Crippen LogP contribution in [-0.4, -0.2) is 58.9 Å². The highest BCUT2D eigenvalue weighted by Crippen LogP contribution is 2.39. The fourth-order valence-electron chi connectivity index (χ4n) is 5.12. The number of aryl methyl sites for hydroxylation is 1. The molecule has 2 aliphatic rings. The van der Waals surface area contributed by atoms with E-state index in [4.69, 9.17) is 11.5 Å². The van der Waals surface area contributed by atoms with Crippen LogP contribution in [0.5, 0.6) is 0 Å². The number of likely N-dealkylation sites (tertiary alicyclic amines) is 2. The summed E-state index contributed by atoms with van der Waals surface area (Å²) >= 11 is 0. The lowest BCUT2D eigenvalue weighted by atomic mass is 9.72. The summed E-state index contributed by atoms with van der Waals surface area (Å²) in [7, 11) is 2.11. The van der Waals surface area contributed by atoms with Crippen LogP contribution in [-0.2, 0) is 6.42 Å². The molecular formula is C29H33FN6O. The van der Waals surface area contributed by atoms with E-state index in [9.17, 15) is 4.79 Å². The van der Waals surface area contributed by atoms with E-state index in [0.717, 1.165) is 31.6 Å². The van der Waals surface area contributed by atoms with Crippen LogP contribution in [0.25, 0.3) is 11.3 Å². The normalized spacial score (nSPS) is 17.4. The largest absolute Gasteiger partial charge is 0.404 e. The minimum absolute atomic E-state index is 0.0725. The van der Waals surface area contributed by atoms with E-state index in [1.165, 1.54) is 18.6 Å². The number of rotatable bonds is 5. The maximum absolute atomic E-state index is 15.3. The monoisotopic (exact) mass is 500 g/mol. The molecule has 1 aromatic heterocycles. The van der Waals surface area contributed by atoms with Gasteiger partial charge in [0.1, 0.15) is 12.1 Å². The lowest BCUT2D eigenvalue weighted by molar-refractivity contribution is -0.0269. The maximum atomic E-state index is 15.3. The Morgan fingerprint density at radius 2 is 1.97 bits per heavy atom. The van der Waals surface area contributed by atoms with E-state index in [-0.39, 0.29) is 11.5 Å². The van der Waals surface area contributed by atoms with Gasteiger partial charge in [-0.05, 0) is 56.0 Å². The molecule has 0 radical (unpaired) electrons. The van der Waals surface area contributed by atoms with Gasteiger partial charge in [0, 0.05) is 49.2 Å². The lowest BCUT2D eigenvalue weighted by Gasteiger charge is -2.52. The Balaban J connectivity index is 1.59. The fourth-order valence-corrected chi connectivity index (χ4v) is 5.12. The van der Waals surface area contributed by atoms with E-state index >= 15 is 4.39 Å². The van der Waals surface area contributed by atoms with E-state index in [1.54, 1.807) is 29.2 Å². The zero-order valence-corrected chi connectivity index (χ0v) is 21.4. The SMILES string of the molecule is C=C(N)/C=C\C(C#Cc1c(CC)ncnc1-c1ccc(C(=O)N2CCC3(CC2)CN(C)C3)c(F)c1)=C/N. The number of nitrogens with zero attached hydrogens (tertiary/aromatic N) is 4. The Hall–Kier alpha value is -3.96. The van der Waals surface area contributed by atoms with E-state index < -0.39 is 5.82 Å². The van der Waals surface area contributed by atoms with Crippen molar-refractivity contribution < 1.29 is 9.18 Å². The van der Waals surface area contributed by atoms with Crippen molar-refractivity contribution in [3.05, 3.63) is 83.4 Å². The van der Waals surface area contributed by atoms with Crippen molar-refractivity contribution in [3.63, 3.8) is 0 Å². The number of allylic oxidation sites excluding steroid dienone is 3. The van der Waals surface area contributed by atoms with Crippen molar-refractivity contribution in [2.45, 2.75) is 26.2 Å². The van der Waals surface area contributed by atoms with Crippen LogP contribution in [0.1, 0.15) is 41.4 Å². The minimum Gasteiger partial charge on any atom is -0.404 e. The topological polar surface area (TPSA) is 101 Å². The molecule has 192 valence electrons. The van der Waals surface area contributed by atoms with Crippen molar-refractivity contribution in [1.82, 2.24) is 19.8 Å². The molecule has 2 aromatic rings. The summed E-state index contributed by atoms with van der Waals surface area (Å²) in [5.41, 5.74) is 14.9. The third kappa shape index (κ3) is 5.73. The molecular weight excluding hydrogens is 467 g/mol. The molecule has 8 heteroatoms. The van der Waals surface area contributed by atoms with Crippen molar-refractivity contribution in [2.24, 2.45) is 16.9 Å². The highest BCUT2D eigenvalue weighted by atomic mass is 19.1. The smallest absolute Gasteiger partial charge is 0.256 e. The van der Waals surface area contributed by atoms with Gasteiger partial charge in [0.15, 0.2) is 0 Å². The van der Waals surface area contributed by atoms with E-state index in [1.807, 2.05) is 6.92 Å². The van der Waals surface area contributed by atoms with Crippen LogP contribution in [0.3, 0.4) is 0 Å². The lowest BCUT2D eigenvalue weighted by Crippen LogP contribution is -2.59. The second-order valence-electron chi connectivity index (χ2n) is 9.84. The van der Waals surface area contributed by atoms with Gasteiger partial charge in [-0.15, -0.1) is 0 Å². The Kier molecular flexibility index (Phi) is 7.74. The summed E-state index contributed by atoms with van der Waals surface area (Å²) in [6, 6.07) is 4.61. The quantitative estimate of drug-likeness (QED) is 0.483. The van der Waals surface area contributed by atoms with Gasteiger partial charge in [-0.3, -0.25) is 4.79 Å². The molecule has 2 fully saturated rings. The van der Waals surface area contributed by atoms with Gasteiger partial charge < -0.3 is 21.3 Å². The average Bonchev–Trinajstić information content (AvgIpc) is 2.87. The molecule has 1 amide bonds. The highest BCUT2D eigenvalue weighted by molar-refractivity contribution is 5.95. The highest BCUT2D eigenvalue weighted by Gasteiger charge is 2.43. The molecule has 3 heterocycles. The van der Waals surface area contributed by atoms with Gasteiger partial charge in [-0.2, -0.15) is 0 Å². The van der Waals surface area contributed by atoms with Crippen LogP contribution < -0.4 is 11.5 Å². The van der Waals surface area contributed by atoms with E-state index in [0.29, 0.717) is 53.0 Å². The first-order chi connectivity index (χ1) is 17.7. The first-order valence-corrected chi connectivity index (χ1v) is 12.4. The second-order valence-corrected chi connectivity index (χ2v) is 9.84. The molecule has 2 saturated heterocycles. The Labute approximate surface area is 217 Å². The molecule has 0 aliphatic carbocycles. The molecule has 0 saturated carbocycles. The van der Waals surface area contributed by atoms with Crippen molar-refractivity contribution in [1.29, 1.82) is 0 Å². The summed E-state index contributed by atoms with van der Waals surface area (Å²) in [6.45, 7) is 9.04. The van der Waals surface area contributed by atoms with Crippen LogP contribution in [0.15, 0.2) is 60.7 Å². The number of carbonyl (C=O) groups excluding carboxylic acids is 1. The number of halogens is 1. The number of carbonyl (C=O) groups is 1. The first kappa shape index (κ1) is 26.1. The Morgan fingerprint density at radius 3 is 2.57 bits per heavy atom. The summed E-state index contributed by atoms with van der Waals surface area (Å²) in [5.74, 6) is 5.24. The minimum atomic E-state index is -0.575. The number of piperidine rings is 1. The van der Waals surface area contributed by atoms with Gasteiger partial charge in [0.05, 0.1) is 22.5 Å². The van der Waals surface area contributed by atoms with Gasteiger partial charge >= 0.3 is 0 Å². The third-order valence-corrected chi connectivity index (χ3v) is 7.04. The zero-order chi connectivity index (χ0) is 26.6. The number of nitrogens with two attached hydrogens (primary N) is 2. The van der Waals surface area contributed by atoms with Gasteiger partial charge in [-0.25, -0.2) is 14.4 Å². The van der Waals surface area contributed by atoms with Crippen molar-refractivity contribution >= 4 is 5.91 Å². The first-order valence-electron chi connectivity index (χ1n) is 12.4. The van der Waals surface area contributed by atoms with Crippen molar-refractivity contribution in [2.75, 3.05) is 33.2 Å². The summed E-state index contributed by atoms with van der Waals surface area (Å²) in [5, 5.41) is 0. The predicted octanol–water partition coefficient (Wildman–Crippen LogP) is 3.24. The van der Waals surface area contributed by atoms with Crippen molar-refractivity contribution in [3.8, 4) is 23.1 Å². The number of benzene rings is 1. The van der Waals surface area contributed by atoms with Gasteiger partial charge in [-0.1, -0.05) is 31.4 Å². The Morgan fingerprint density at radius 1 is 1.24 bits per heavy atom. The molecule has 37 heavy (non-hydrogen) atoms.